The van der Waals surface area contributed by atoms with Crippen LogP contribution in [0.5, 0.6) is 0 Å². The number of ether oxygens (including phenoxy) is 1. The molecule has 1 saturated heterocycles. The summed E-state index contributed by atoms with van der Waals surface area (Å²) in [5.41, 5.74) is 0.514. The fourth-order valence-electron chi connectivity index (χ4n) is 2.48. The van der Waals surface area contributed by atoms with Crippen molar-refractivity contribution < 1.29 is 9.53 Å². The highest BCUT2D eigenvalue weighted by molar-refractivity contribution is 5.82. The lowest BCUT2D eigenvalue weighted by atomic mass is 9.89. The summed E-state index contributed by atoms with van der Waals surface area (Å²) in [6.07, 6.45) is -0.0319. The lowest BCUT2D eigenvalue weighted by molar-refractivity contribution is -0.163. The van der Waals surface area contributed by atoms with Crippen molar-refractivity contribution >= 4 is 5.91 Å². The van der Waals surface area contributed by atoms with Gasteiger partial charge in [0, 0.05) is 5.41 Å². The third kappa shape index (κ3) is 3.04. The van der Waals surface area contributed by atoms with Crippen LogP contribution in [0.4, 0.5) is 0 Å². The van der Waals surface area contributed by atoms with E-state index in [2.05, 4.69) is 26.0 Å². The van der Waals surface area contributed by atoms with Crippen molar-refractivity contribution in [3.05, 3.63) is 35.9 Å². The van der Waals surface area contributed by atoms with E-state index in [1.807, 2.05) is 43.9 Å². The average molecular weight is 275 g/mol. The molecule has 0 N–H and O–H groups in total. The van der Waals surface area contributed by atoms with E-state index < -0.39 is 0 Å². The maximum absolute atomic E-state index is 12.7. The molecule has 3 heteroatoms. The molecular formula is C17H25NO2. The van der Waals surface area contributed by atoms with Gasteiger partial charge < -0.3 is 9.64 Å². The van der Waals surface area contributed by atoms with E-state index in [0.717, 1.165) is 5.56 Å². The van der Waals surface area contributed by atoms with Gasteiger partial charge in [-0.15, -0.1) is 0 Å². The zero-order valence-corrected chi connectivity index (χ0v) is 13.1. The molecule has 1 unspecified atom stereocenters. The van der Waals surface area contributed by atoms with Crippen LogP contribution in [0.15, 0.2) is 30.3 Å². The van der Waals surface area contributed by atoms with Gasteiger partial charge in [0.15, 0.2) is 0 Å². The zero-order chi connectivity index (χ0) is 15.0. The van der Waals surface area contributed by atoms with E-state index >= 15 is 0 Å². The molecule has 3 nitrogen and oxygen atoms in total. The minimum Gasteiger partial charge on any atom is -0.369 e. The predicted molar refractivity (Wildman–Crippen MR) is 80.4 cm³/mol. The second-order valence-corrected chi connectivity index (χ2v) is 7.19. The second-order valence-electron chi connectivity index (χ2n) is 7.19. The molecule has 1 heterocycles. The summed E-state index contributed by atoms with van der Waals surface area (Å²) < 4.78 is 5.98. The van der Waals surface area contributed by atoms with Gasteiger partial charge >= 0.3 is 0 Å². The van der Waals surface area contributed by atoms with Gasteiger partial charge in [0.05, 0.1) is 18.7 Å². The fraction of sp³-hybridized carbons (Fsp3) is 0.588. The molecule has 110 valence electrons. The Morgan fingerprint density at radius 2 is 1.85 bits per heavy atom. The number of carbonyl (C=O) groups is 1. The molecule has 0 saturated carbocycles. The number of amides is 1. The minimum atomic E-state index is -0.365. The van der Waals surface area contributed by atoms with E-state index in [-0.39, 0.29) is 23.0 Å². The van der Waals surface area contributed by atoms with Gasteiger partial charge in [-0.2, -0.15) is 0 Å². The van der Waals surface area contributed by atoms with Gasteiger partial charge in [-0.05, 0) is 19.4 Å². The number of benzene rings is 1. The Kier molecular flexibility index (Phi) is 3.92. The Hall–Kier alpha value is -1.35. The molecule has 20 heavy (non-hydrogen) atoms. The first-order valence-corrected chi connectivity index (χ1v) is 7.20. The second kappa shape index (κ2) is 5.21. The molecular weight excluding hydrogens is 250 g/mol. The van der Waals surface area contributed by atoms with Crippen molar-refractivity contribution in [2.75, 3.05) is 13.2 Å². The Morgan fingerprint density at radius 3 is 2.40 bits per heavy atom. The first-order chi connectivity index (χ1) is 9.22. The lowest BCUT2D eigenvalue weighted by Gasteiger charge is -2.47. The Balaban J connectivity index is 2.23. The van der Waals surface area contributed by atoms with Crippen LogP contribution in [0, 0.1) is 5.41 Å². The van der Waals surface area contributed by atoms with E-state index in [1.54, 1.807) is 0 Å². The number of nitrogens with zero attached hydrogens (tertiary/aromatic N) is 1. The van der Waals surface area contributed by atoms with Crippen molar-refractivity contribution in [3.8, 4) is 0 Å². The molecule has 0 aromatic heterocycles. The Morgan fingerprint density at radius 1 is 1.25 bits per heavy atom. The van der Waals surface area contributed by atoms with E-state index in [9.17, 15) is 4.79 Å². The quantitative estimate of drug-likeness (QED) is 0.786. The number of rotatable bonds is 1. The number of hydrogen-bond donors (Lipinski definition) is 0. The monoisotopic (exact) mass is 275 g/mol. The smallest absolute Gasteiger partial charge is 0.228 e. The summed E-state index contributed by atoms with van der Waals surface area (Å²) in [7, 11) is 0. The van der Waals surface area contributed by atoms with Gasteiger partial charge in [0.25, 0.3) is 0 Å². The Bertz CT molecular complexity index is 474. The number of carbonyl (C=O) groups excluding carboxylic acids is 1. The van der Waals surface area contributed by atoms with Crippen LogP contribution in [-0.2, 0) is 9.53 Å². The Labute approximate surface area is 121 Å². The molecule has 0 radical (unpaired) electrons. The molecule has 2 rings (SSSR count). The van der Waals surface area contributed by atoms with Gasteiger partial charge in [0.1, 0.15) is 6.10 Å². The van der Waals surface area contributed by atoms with Crippen LogP contribution in [0.25, 0.3) is 0 Å². The van der Waals surface area contributed by atoms with Crippen LogP contribution in [0.2, 0.25) is 0 Å². The van der Waals surface area contributed by atoms with E-state index in [4.69, 9.17) is 4.74 Å². The number of morpholine rings is 1. The van der Waals surface area contributed by atoms with Crippen molar-refractivity contribution in [2.24, 2.45) is 5.41 Å². The summed E-state index contributed by atoms with van der Waals surface area (Å²) in [6, 6.07) is 10.1. The normalized spacial score (nSPS) is 22.6. The fourth-order valence-corrected chi connectivity index (χ4v) is 2.48. The van der Waals surface area contributed by atoms with Gasteiger partial charge in [-0.25, -0.2) is 0 Å². The van der Waals surface area contributed by atoms with Crippen molar-refractivity contribution in [2.45, 2.75) is 46.3 Å². The summed E-state index contributed by atoms with van der Waals surface area (Å²) in [4.78, 5) is 14.7. The van der Waals surface area contributed by atoms with Crippen molar-refractivity contribution in [3.63, 3.8) is 0 Å². The third-order valence-corrected chi connectivity index (χ3v) is 3.77. The maximum Gasteiger partial charge on any atom is 0.228 e. The first kappa shape index (κ1) is 15.0. The molecule has 1 aromatic rings. The largest absolute Gasteiger partial charge is 0.369 e. The minimum absolute atomic E-state index is 0.0319. The SMILES string of the molecule is CC(C)(C)C(=O)N1CC(c2ccccc2)OCC1(C)C. The molecule has 1 aliphatic rings. The average Bonchev–Trinajstić information content (AvgIpc) is 2.37. The van der Waals surface area contributed by atoms with Crippen LogP contribution in [0.1, 0.15) is 46.3 Å². The topological polar surface area (TPSA) is 29.5 Å². The highest BCUT2D eigenvalue weighted by Crippen LogP contribution is 2.33. The summed E-state index contributed by atoms with van der Waals surface area (Å²) in [6.45, 7) is 11.2. The molecule has 1 amide bonds. The summed E-state index contributed by atoms with van der Waals surface area (Å²) in [5.74, 6) is 0.187. The van der Waals surface area contributed by atoms with Crippen LogP contribution >= 0.6 is 0 Å². The summed E-state index contributed by atoms with van der Waals surface area (Å²) in [5, 5.41) is 0. The van der Waals surface area contributed by atoms with Gasteiger partial charge in [-0.1, -0.05) is 51.1 Å². The molecule has 0 bridgehead atoms. The highest BCUT2D eigenvalue weighted by Gasteiger charge is 2.41. The molecule has 1 atom stereocenters. The van der Waals surface area contributed by atoms with E-state index in [0.29, 0.717) is 13.2 Å². The third-order valence-electron chi connectivity index (χ3n) is 3.77. The zero-order valence-electron chi connectivity index (χ0n) is 13.1. The van der Waals surface area contributed by atoms with Crippen LogP contribution < -0.4 is 0 Å². The maximum atomic E-state index is 12.7. The molecule has 1 fully saturated rings. The standard InChI is InChI=1S/C17H25NO2/c1-16(2,3)15(19)18-11-14(20-12-17(18,4)5)13-9-7-6-8-10-13/h6-10,14H,11-12H2,1-5H3. The van der Waals surface area contributed by atoms with Crippen molar-refractivity contribution in [1.82, 2.24) is 4.90 Å². The van der Waals surface area contributed by atoms with Crippen LogP contribution in [-0.4, -0.2) is 29.5 Å². The van der Waals surface area contributed by atoms with E-state index in [1.165, 1.54) is 0 Å². The predicted octanol–water partition coefficient (Wildman–Crippen LogP) is 3.41. The summed E-state index contributed by atoms with van der Waals surface area (Å²) >= 11 is 0. The first-order valence-electron chi connectivity index (χ1n) is 7.20. The highest BCUT2D eigenvalue weighted by atomic mass is 16.5. The van der Waals surface area contributed by atoms with Gasteiger partial charge in [0.2, 0.25) is 5.91 Å². The molecule has 0 spiro atoms. The van der Waals surface area contributed by atoms with Crippen LogP contribution in [0.3, 0.4) is 0 Å². The lowest BCUT2D eigenvalue weighted by Crippen LogP contribution is -2.58. The van der Waals surface area contributed by atoms with Crippen molar-refractivity contribution in [1.29, 1.82) is 0 Å². The molecule has 1 aromatic carbocycles. The number of hydrogen-bond acceptors (Lipinski definition) is 2. The van der Waals surface area contributed by atoms with Gasteiger partial charge in [-0.3, -0.25) is 4.79 Å². The molecule has 0 aliphatic carbocycles. The molecule has 1 aliphatic heterocycles.